The van der Waals surface area contributed by atoms with Crippen LogP contribution >= 0.6 is 0 Å². The number of fused-ring (bicyclic) bond motifs is 1. The minimum Gasteiger partial charge on any atom is -0.457 e. The molecule has 0 bridgehead atoms. The number of hydrogen-bond acceptors (Lipinski definition) is 7. The van der Waals surface area contributed by atoms with Gasteiger partial charge in [-0.25, -0.2) is 45.0 Å². The number of aromatic nitrogens is 4. The molecule has 1 aliphatic rings. The number of halogens is 5. The van der Waals surface area contributed by atoms with Crippen LogP contribution in [0.5, 0.6) is 11.5 Å². The number of nitrogens with two attached hydrogens (primary N) is 1. The molecule has 0 aliphatic carbocycles. The third kappa shape index (κ3) is 4.93. The first-order valence-electron chi connectivity index (χ1n) is 12.9. The van der Waals surface area contributed by atoms with Crippen LogP contribution in [0.15, 0.2) is 65.8 Å². The summed E-state index contributed by atoms with van der Waals surface area (Å²) >= 11 is 0. The van der Waals surface area contributed by atoms with E-state index in [2.05, 4.69) is 15.1 Å². The maximum atomic E-state index is 14.5. The Bertz CT molecular complexity index is 1930. The number of hydrogen-bond donors (Lipinski definition) is 1. The number of benzene rings is 3. The number of nitrogen functional groups attached to an aromatic ring is 1. The molecule has 2 N–H and O–H groups in total. The maximum Gasteiger partial charge on any atom is 0.249 e. The highest BCUT2D eigenvalue weighted by molar-refractivity contribution is 7.89. The van der Waals surface area contributed by atoms with E-state index >= 15 is 0 Å². The Labute approximate surface area is 241 Å². The van der Waals surface area contributed by atoms with Crippen LogP contribution in [-0.4, -0.2) is 45.6 Å². The van der Waals surface area contributed by atoms with Crippen molar-refractivity contribution in [3.63, 3.8) is 0 Å². The summed E-state index contributed by atoms with van der Waals surface area (Å²) in [6.07, 6.45) is 1.78. The first kappa shape index (κ1) is 28.5. The van der Waals surface area contributed by atoms with E-state index in [1.165, 1.54) is 11.0 Å². The van der Waals surface area contributed by atoms with Gasteiger partial charge in [-0.1, -0.05) is 18.2 Å². The third-order valence-corrected chi connectivity index (χ3v) is 8.98. The van der Waals surface area contributed by atoms with Crippen molar-refractivity contribution in [1.82, 2.24) is 24.1 Å². The van der Waals surface area contributed by atoms with Crippen molar-refractivity contribution in [1.29, 1.82) is 0 Å². The fourth-order valence-electron chi connectivity index (χ4n) is 5.04. The summed E-state index contributed by atoms with van der Waals surface area (Å²) in [5, 5.41) is 5.06. The minimum atomic E-state index is -5.14. The smallest absolute Gasteiger partial charge is 0.249 e. The van der Waals surface area contributed by atoms with Gasteiger partial charge in [-0.05, 0) is 49.2 Å². The first-order chi connectivity index (χ1) is 20.6. The number of nitrogens with zero attached hydrogens (tertiary/aromatic N) is 5. The Kier molecular flexibility index (Phi) is 7.22. The highest BCUT2D eigenvalue weighted by Crippen LogP contribution is 2.37. The van der Waals surface area contributed by atoms with Crippen LogP contribution in [0.1, 0.15) is 18.9 Å². The number of anilines is 1. The van der Waals surface area contributed by atoms with Gasteiger partial charge in [0.2, 0.25) is 15.8 Å². The van der Waals surface area contributed by atoms with Gasteiger partial charge in [-0.3, -0.25) is 0 Å². The number of para-hydroxylation sites is 1. The van der Waals surface area contributed by atoms with Crippen LogP contribution in [0.2, 0.25) is 0 Å². The first-order valence-corrected chi connectivity index (χ1v) is 14.4. The van der Waals surface area contributed by atoms with E-state index < -0.39 is 50.0 Å². The molecule has 5 aromatic rings. The summed E-state index contributed by atoms with van der Waals surface area (Å²) in [5.74, 6) is -10.7. The molecule has 1 atom stereocenters. The fourth-order valence-corrected chi connectivity index (χ4v) is 6.66. The van der Waals surface area contributed by atoms with Crippen LogP contribution in [-0.2, 0) is 10.0 Å². The zero-order chi connectivity index (χ0) is 30.5. The predicted molar refractivity (Wildman–Crippen MR) is 145 cm³/mol. The van der Waals surface area contributed by atoms with E-state index in [-0.39, 0.29) is 31.0 Å². The van der Waals surface area contributed by atoms with Gasteiger partial charge in [0.05, 0.1) is 11.4 Å². The van der Waals surface area contributed by atoms with Crippen LogP contribution in [0.3, 0.4) is 0 Å². The molecule has 222 valence electrons. The van der Waals surface area contributed by atoms with Gasteiger partial charge >= 0.3 is 0 Å². The molecule has 0 amide bonds. The zero-order valence-electron chi connectivity index (χ0n) is 22.0. The molecule has 1 fully saturated rings. The molecule has 0 radical (unpaired) electrons. The highest BCUT2D eigenvalue weighted by Gasteiger charge is 2.40. The zero-order valence-corrected chi connectivity index (χ0v) is 22.8. The van der Waals surface area contributed by atoms with Gasteiger partial charge in [-0.15, -0.1) is 0 Å². The van der Waals surface area contributed by atoms with Crippen LogP contribution in [0.4, 0.5) is 27.8 Å². The third-order valence-electron chi connectivity index (χ3n) is 7.10. The summed E-state index contributed by atoms with van der Waals surface area (Å²) < 4.78 is 105. The average molecular weight is 617 g/mol. The summed E-state index contributed by atoms with van der Waals surface area (Å²) in [5.41, 5.74) is 7.47. The van der Waals surface area contributed by atoms with Gasteiger partial charge in [0.1, 0.15) is 29.3 Å². The maximum absolute atomic E-state index is 14.5. The predicted octanol–water partition coefficient (Wildman–Crippen LogP) is 5.59. The van der Waals surface area contributed by atoms with Crippen LogP contribution < -0.4 is 10.5 Å². The monoisotopic (exact) mass is 616 g/mol. The molecule has 2 aromatic heterocycles. The van der Waals surface area contributed by atoms with E-state index in [1.807, 2.05) is 18.2 Å². The molecule has 3 heterocycles. The normalized spacial score (nSPS) is 16.1. The van der Waals surface area contributed by atoms with Crippen LogP contribution in [0, 0.1) is 29.1 Å². The summed E-state index contributed by atoms with van der Waals surface area (Å²) in [7, 11) is -5.14. The molecular formula is C28H21F5N6O3S. The second-order valence-electron chi connectivity index (χ2n) is 9.75. The molecule has 43 heavy (non-hydrogen) atoms. The van der Waals surface area contributed by atoms with Crippen LogP contribution in [0.25, 0.3) is 22.3 Å². The van der Waals surface area contributed by atoms with E-state index in [9.17, 15) is 30.4 Å². The summed E-state index contributed by atoms with van der Waals surface area (Å²) in [6, 6.07) is 15.4. The van der Waals surface area contributed by atoms with E-state index in [4.69, 9.17) is 10.5 Å². The number of sulfonamides is 1. The van der Waals surface area contributed by atoms with Crippen molar-refractivity contribution in [3.8, 4) is 22.8 Å². The molecule has 3 aromatic carbocycles. The van der Waals surface area contributed by atoms with Crippen molar-refractivity contribution >= 4 is 26.9 Å². The van der Waals surface area contributed by atoms with Gasteiger partial charge < -0.3 is 10.5 Å². The molecule has 0 unspecified atom stereocenters. The van der Waals surface area contributed by atoms with E-state index in [0.29, 0.717) is 38.9 Å². The standard InChI is InChI=1S/C28H21F5N6O3S/c29-20-21(30)23(32)26(24(33)22(20)31)43(40,41)38-12-4-5-16(13-38)39-28-19(27(34)35-14-36-28)25(37-39)15-8-10-18(11-9-15)42-17-6-2-1-3-7-17/h1-3,6-11,14,16H,4-5,12-13H2,(H2,34,35,36)/t16-/m0/s1. The lowest BCUT2D eigenvalue weighted by molar-refractivity contribution is 0.255. The molecule has 1 aliphatic heterocycles. The second-order valence-corrected chi connectivity index (χ2v) is 11.6. The molecular weight excluding hydrogens is 595 g/mol. The van der Waals surface area contributed by atoms with Gasteiger partial charge in [0.25, 0.3) is 0 Å². The average Bonchev–Trinajstić information content (AvgIpc) is 3.41. The van der Waals surface area contributed by atoms with Gasteiger partial charge in [-0.2, -0.15) is 9.40 Å². The molecule has 6 rings (SSSR count). The largest absolute Gasteiger partial charge is 0.457 e. The minimum absolute atomic E-state index is 0.109. The lowest BCUT2D eigenvalue weighted by Crippen LogP contribution is -2.41. The number of piperidine rings is 1. The topological polar surface area (TPSA) is 116 Å². The van der Waals surface area contributed by atoms with Crippen molar-refractivity contribution in [3.05, 3.63) is 90.0 Å². The highest BCUT2D eigenvalue weighted by atomic mass is 32.2. The Morgan fingerprint density at radius 2 is 1.47 bits per heavy atom. The lowest BCUT2D eigenvalue weighted by Gasteiger charge is -2.32. The van der Waals surface area contributed by atoms with Crippen molar-refractivity contribution < 1.29 is 35.1 Å². The van der Waals surface area contributed by atoms with Crippen molar-refractivity contribution in [2.24, 2.45) is 0 Å². The van der Waals surface area contributed by atoms with E-state index in [0.717, 1.165) is 0 Å². The second kappa shape index (κ2) is 10.9. The Morgan fingerprint density at radius 3 is 2.14 bits per heavy atom. The Morgan fingerprint density at radius 1 is 0.837 bits per heavy atom. The lowest BCUT2D eigenvalue weighted by atomic mass is 10.1. The van der Waals surface area contributed by atoms with Crippen molar-refractivity contribution in [2.45, 2.75) is 23.8 Å². The molecule has 0 saturated carbocycles. The molecule has 0 spiro atoms. The quantitative estimate of drug-likeness (QED) is 0.150. The molecule has 15 heteroatoms. The Hall–Kier alpha value is -4.63. The summed E-state index contributed by atoms with van der Waals surface area (Å²) in [4.78, 5) is 6.46. The number of rotatable bonds is 6. The summed E-state index contributed by atoms with van der Waals surface area (Å²) in [6.45, 7) is -0.601. The van der Waals surface area contributed by atoms with Gasteiger partial charge in [0.15, 0.2) is 33.8 Å². The SMILES string of the molecule is Nc1ncnc2c1c(-c1ccc(Oc3ccccc3)cc1)nn2[C@H]1CCCN(S(=O)(=O)c2c(F)c(F)c(F)c(F)c2F)C1. The molecule has 1 saturated heterocycles. The fraction of sp³-hybridized carbons (Fsp3) is 0.179. The van der Waals surface area contributed by atoms with Gasteiger partial charge in [0, 0.05) is 18.7 Å². The number of ether oxygens (including phenoxy) is 1. The van der Waals surface area contributed by atoms with E-state index in [1.54, 1.807) is 36.4 Å². The van der Waals surface area contributed by atoms with Crippen molar-refractivity contribution in [2.75, 3.05) is 18.8 Å². The molecule has 9 nitrogen and oxygen atoms in total. The Balaban J connectivity index is 1.35.